The number of nitrogens with zero attached hydrogens (tertiary/aromatic N) is 3. The highest BCUT2D eigenvalue weighted by molar-refractivity contribution is 5.77. The van der Waals surface area contributed by atoms with Crippen LogP contribution in [0.1, 0.15) is 53.9 Å². The first kappa shape index (κ1) is 22.4. The van der Waals surface area contributed by atoms with Crippen LogP contribution in [0.25, 0.3) is 0 Å². The Balaban J connectivity index is 0.00000151. The lowest BCUT2D eigenvalue weighted by Crippen LogP contribution is -2.49. The Labute approximate surface area is 155 Å². The summed E-state index contributed by atoms with van der Waals surface area (Å²) in [7, 11) is 0. The van der Waals surface area contributed by atoms with Crippen LogP contribution in [0.5, 0.6) is 0 Å². The molecule has 2 aliphatic heterocycles. The van der Waals surface area contributed by atoms with E-state index >= 15 is 0 Å². The summed E-state index contributed by atoms with van der Waals surface area (Å²) >= 11 is 0. The molecular formula is C20H41N3O2. The molecule has 0 unspecified atom stereocenters. The number of carbonyl (C=O) groups excluding carboxylic acids is 1. The van der Waals surface area contributed by atoms with Gasteiger partial charge in [-0.2, -0.15) is 0 Å². The van der Waals surface area contributed by atoms with E-state index in [0.29, 0.717) is 12.6 Å². The molecule has 2 fully saturated rings. The van der Waals surface area contributed by atoms with Crippen LogP contribution in [0.2, 0.25) is 0 Å². The Kier molecular flexibility index (Phi) is 11.3. The van der Waals surface area contributed by atoms with Gasteiger partial charge in [0.2, 0.25) is 5.91 Å². The Morgan fingerprint density at radius 2 is 1.64 bits per heavy atom. The van der Waals surface area contributed by atoms with Gasteiger partial charge in [-0.25, -0.2) is 0 Å². The molecular weight excluding hydrogens is 314 g/mol. The van der Waals surface area contributed by atoms with Gasteiger partial charge >= 0.3 is 0 Å². The molecule has 0 radical (unpaired) electrons. The van der Waals surface area contributed by atoms with E-state index in [-0.39, 0.29) is 12.5 Å². The van der Waals surface area contributed by atoms with Gasteiger partial charge in [0.15, 0.2) is 0 Å². The highest BCUT2D eigenvalue weighted by Crippen LogP contribution is 2.15. The van der Waals surface area contributed by atoms with Crippen LogP contribution in [-0.2, 0) is 9.53 Å². The molecule has 0 spiro atoms. The normalized spacial score (nSPS) is 20.5. The van der Waals surface area contributed by atoms with E-state index in [9.17, 15) is 4.79 Å². The summed E-state index contributed by atoms with van der Waals surface area (Å²) in [5, 5.41) is 0. The lowest BCUT2D eigenvalue weighted by atomic mass is 9.99. The van der Waals surface area contributed by atoms with Crippen LogP contribution >= 0.6 is 0 Å². The predicted octanol–water partition coefficient (Wildman–Crippen LogP) is 2.70. The van der Waals surface area contributed by atoms with Crippen molar-refractivity contribution >= 4 is 5.91 Å². The molecule has 2 aliphatic rings. The number of rotatable bonds is 7. The largest absolute Gasteiger partial charge is 0.372 e. The zero-order valence-corrected chi connectivity index (χ0v) is 17.3. The molecule has 5 heteroatoms. The van der Waals surface area contributed by atoms with Crippen LogP contribution in [0.15, 0.2) is 0 Å². The van der Waals surface area contributed by atoms with Gasteiger partial charge in [-0.15, -0.1) is 0 Å². The summed E-state index contributed by atoms with van der Waals surface area (Å²) in [6, 6.07) is 0.657. The summed E-state index contributed by atoms with van der Waals surface area (Å²) in [5.41, 5.74) is 0. The third-order valence-electron chi connectivity index (χ3n) is 5.26. The molecule has 2 heterocycles. The molecule has 0 aliphatic carbocycles. The number of hydrogen-bond donors (Lipinski definition) is 0. The SMILES string of the molecule is CC.CC1CCN(C(=O)COCCCN2CCN(C(C)C)CC2)CC1. The summed E-state index contributed by atoms with van der Waals surface area (Å²) in [4.78, 5) is 19.1. The van der Waals surface area contributed by atoms with Gasteiger partial charge < -0.3 is 14.5 Å². The van der Waals surface area contributed by atoms with Crippen LogP contribution in [0, 0.1) is 5.92 Å². The lowest BCUT2D eigenvalue weighted by Gasteiger charge is -2.36. The zero-order chi connectivity index (χ0) is 18.7. The molecule has 5 nitrogen and oxygen atoms in total. The van der Waals surface area contributed by atoms with Gasteiger partial charge in [0.05, 0.1) is 0 Å². The minimum Gasteiger partial charge on any atom is -0.372 e. The second-order valence-electron chi connectivity index (χ2n) is 7.44. The first-order valence-electron chi connectivity index (χ1n) is 10.4. The Morgan fingerprint density at radius 3 is 2.20 bits per heavy atom. The minimum atomic E-state index is 0.169. The Bertz CT molecular complexity index is 347. The third-order valence-corrected chi connectivity index (χ3v) is 5.26. The quantitative estimate of drug-likeness (QED) is 0.658. The van der Waals surface area contributed by atoms with Gasteiger partial charge in [-0.1, -0.05) is 20.8 Å². The van der Waals surface area contributed by atoms with Gasteiger partial charge in [-0.3, -0.25) is 9.69 Å². The number of carbonyl (C=O) groups is 1. The minimum absolute atomic E-state index is 0.169. The number of likely N-dealkylation sites (tertiary alicyclic amines) is 1. The van der Waals surface area contributed by atoms with E-state index in [4.69, 9.17) is 4.74 Å². The Morgan fingerprint density at radius 1 is 1.04 bits per heavy atom. The number of ether oxygens (including phenoxy) is 1. The van der Waals surface area contributed by atoms with Crippen molar-refractivity contribution in [2.45, 2.75) is 59.9 Å². The first-order valence-corrected chi connectivity index (χ1v) is 10.4. The summed E-state index contributed by atoms with van der Waals surface area (Å²) in [6.45, 7) is 19.3. The fourth-order valence-electron chi connectivity index (χ4n) is 3.40. The van der Waals surface area contributed by atoms with Crippen LogP contribution in [0.3, 0.4) is 0 Å². The highest BCUT2D eigenvalue weighted by Gasteiger charge is 2.20. The van der Waals surface area contributed by atoms with Crippen LogP contribution in [-0.4, -0.2) is 85.7 Å². The second kappa shape index (κ2) is 12.7. The molecule has 0 N–H and O–H groups in total. The van der Waals surface area contributed by atoms with Crippen LogP contribution < -0.4 is 0 Å². The Hall–Kier alpha value is -0.650. The lowest BCUT2D eigenvalue weighted by molar-refractivity contribution is -0.137. The van der Waals surface area contributed by atoms with E-state index in [1.165, 1.54) is 13.1 Å². The van der Waals surface area contributed by atoms with Gasteiger partial charge in [0.1, 0.15) is 6.61 Å². The van der Waals surface area contributed by atoms with Crippen LogP contribution in [0.4, 0.5) is 0 Å². The monoisotopic (exact) mass is 355 g/mol. The molecule has 25 heavy (non-hydrogen) atoms. The van der Waals surface area contributed by atoms with Crippen molar-refractivity contribution in [3.63, 3.8) is 0 Å². The van der Waals surface area contributed by atoms with E-state index in [2.05, 4.69) is 30.6 Å². The molecule has 0 aromatic carbocycles. The molecule has 2 rings (SSSR count). The molecule has 1 amide bonds. The highest BCUT2D eigenvalue weighted by atomic mass is 16.5. The molecule has 0 aromatic heterocycles. The average Bonchev–Trinajstić information content (AvgIpc) is 2.64. The standard InChI is InChI=1S/C18H35N3O2.C2H6/c1-16(2)20-12-10-19(11-13-20)7-4-14-23-15-18(22)21-8-5-17(3)6-9-21;1-2/h16-17H,4-15H2,1-3H3;1-2H3. The van der Waals surface area contributed by atoms with Crippen molar-refractivity contribution in [3.05, 3.63) is 0 Å². The van der Waals surface area contributed by atoms with Gasteiger partial charge in [0.25, 0.3) is 0 Å². The smallest absolute Gasteiger partial charge is 0.248 e. The summed E-state index contributed by atoms with van der Waals surface area (Å²) < 4.78 is 5.60. The molecule has 0 aromatic rings. The van der Waals surface area contributed by atoms with Gasteiger partial charge in [-0.05, 0) is 39.0 Å². The third kappa shape index (κ3) is 8.52. The number of hydrogen-bond acceptors (Lipinski definition) is 4. The van der Waals surface area contributed by atoms with Crippen molar-refractivity contribution in [2.24, 2.45) is 5.92 Å². The van der Waals surface area contributed by atoms with Crippen molar-refractivity contribution in [1.29, 1.82) is 0 Å². The van der Waals surface area contributed by atoms with Crippen molar-refractivity contribution in [1.82, 2.24) is 14.7 Å². The van der Waals surface area contributed by atoms with E-state index in [1.807, 2.05) is 18.7 Å². The number of piperidine rings is 1. The molecule has 0 atom stereocenters. The molecule has 0 saturated carbocycles. The van der Waals surface area contributed by atoms with Crippen molar-refractivity contribution in [3.8, 4) is 0 Å². The maximum Gasteiger partial charge on any atom is 0.248 e. The van der Waals surface area contributed by atoms with Crippen molar-refractivity contribution < 1.29 is 9.53 Å². The first-order chi connectivity index (χ1) is 12.1. The molecule has 0 bridgehead atoms. The molecule has 2 saturated heterocycles. The maximum atomic E-state index is 12.1. The van der Waals surface area contributed by atoms with E-state index < -0.39 is 0 Å². The van der Waals surface area contributed by atoms with Gasteiger partial charge in [0, 0.05) is 58.5 Å². The number of piperazine rings is 1. The average molecular weight is 356 g/mol. The fourth-order valence-corrected chi connectivity index (χ4v) is 3.40. The predicted molar refractivity (Wildman–Crippen MR) is 105 cm³/mol. The van der Waals surface area contributed by atoms with E-state index in [1.54, 1.807) is 0 Å². The van der Waals surface area contributed by atoms with E-state index in [0.717, 1.165) is 57.9 Å². The summed E-state index contributed by atoms with van der Waals surface area (Å²) in [5.74, 6) is 0.929. The number of amides is 1. The zero-order valence-electron chi connectivity index (χ0n) is 17.3. The fraction of sp³-hybridized carbons (Fsp3) is 0.950. The molecule has 148 valence electrons. The topological polar surface area (TPSA) is 36.0 Å². The maximum absolute atomic E-state index is 12.1. The van der Waals surface area contributed by atoms with Crippen molar-refractivity contribution in [2.75, 3.05) is 59.0 Å². The second-order valence-corrected chi connectivity index (χ2v) is 7.44. The summed E-state index contributed by atoms with van der Waals surface area (Å²) in [6.07, 6.45) is 3.29.